The molecule has 0 saturated heterocycles. The van der Waals surface area contributed by atoms with E-state index >= 15 is 0 Å². The van der Waals surface area contributed by atoms with E-state index in [4.69, 9.17) is 0 Å². The van der Waals surface area contributed by atoms with E-state index in [0.29, 0.717) is 5.25 Å². The zero-order valence-corrected chi connectivity index (χ0v) is 12.3. The monoisotopic (exact) mass is 253 g/mol. The smallest absolute Gasteiger partial charge is 0.133 e. The Balaban J connectivity index is 2.92. The van der Waals surface area contributed by atoms with Crippen LogP contribution in [0.1, 0.15) is 45.0 Å². The van der Waals surface area contributed by atoms with Crippen molar-refractivity contribution in [2.24, 2.45) is 0 Å². The number of nitrogens with one attached hydrogen (secondary N) is 1. The van der Waals surface area contributed by atoms with Crippen LogP contribution in [0.25, 0.3) is 0 Å². The van der Waals surface area contributed by atoms with Gasteiger partial charge < -0.3 is 5.32 Å². The van der Waals surface area contributed by atoms with E-state index in [-0.39, 0.29) is 0 Å². The van der Waals surface area contributed by atoms with Gasteiger partial charge in [0.25, 0.3) is 0 Å². The maximum atomic E-state index is 4.54. The molecular formula is C13H23N3S. The minimum atomic E-state index is 0.599. The van der Waals surface area contributed by atoms with Gasteiger partial charge in [0, 0.05) is 17.4 Å². The largest absolute Gasteiger partial charge is 0.370 e. The second-order valence-corrected chi connectivity index (χ2v) is 5.74. The van der Waals surface area contributed by atoms with Crippen molar-refractivity contribution in [2.45, 2.75) is 57.7 Å². The van der Waals surface area contributed by atoms with Gasteiger partial charge in [-0.15, -0.1) is 11.8 Å². The van der Waals surface area contributed by atoms with Gasteiger partial charge in [-0.05, 0) is 26.7 Å². The van der Waals surface area contributed by atoms with Crippen LogP contribution >= 0.6 is 11.8 Å². The summed E-state index contributed by atoms with van der Waals surface area (Å²) < 4.78 is 0. The quantitative estimate of drug-likeness (QED) is 0.618. The molecule has 0 aliphatic rings. The lowest BCUT2D eigenvalue weighted by Crippen LogP contribution is -2.08. The number of rotatable bonds is 6. The molecule has 0 amide bonds. The highest BCUT2D eigenvalue weighted by atomic mass is 32.2. The standard InChI is InChI=1S/C13H23N3S/c1-6-8-14-12-10(4)13(16-11(5)15-12)17-9(3)7-2/h9H,6-8H2,1-5H3,(H,14,15,16). The predicted molar refractivity (Wildman–Crippen MR) is 75.9 cm³/mol. The highest BCUT2D eigenvalue weighted by molar-refractivity contribution is 7.99. The molecule has 1 rings (SSSR count). The number of hydrogen-bond donors (Lipinski definition) is 1. The van der Waals surface area contributed by atoms with Crippen LogP contribution in [-0.2, 0) is 0 Å². The molecule has 3 nitrogen and oxygen atoms in total. The van der Waals surface area contributed by atoms with Crippen molar-refractivity contribution in [1.29, 1.82) is 0 Å². The summed E-state index contributed by atoms with van der Waals surface area (Å²) in [6.45, 7) is 11.6. The first-order chi connectivity index (χ1) is 8.08. The summed E-state index contributed by atoms with van der Waals surface area (Å²) in [5, 5.41) is 5.09. The van der Waals surface area contributed by atoms with Crippen LogP contribution in [0.5, 0.6) is 0 Å². The first-order valence-corrected chi connectivity index (χ1v) is 7.22. The third-order valence-corrected chi connectivity index (χ3v) is 4.00. The summed E-state index contributed by atoms with van der Waals surface area (Å²) in [6.07, 6.45) is 2.27. The highest BCUT2D eigenvalue weighted by Gasteiger charge is 2.11. The second kappa shape index (κ2) is 6.84. The Kier molecular flexibility index (Phi) is 5.75. The Labute approximate surface area is 109 Å². The summed E-state index contributed by atoms with van der Waals surface area (Å²) in [5.74, 6) is 1.84. The third-order valence-electron chi connectivity index (χ3n) is 2.64. The molecule has 0 fully saturated rings. The molecule has 4 heteroatoms. The van der Waals surface area contributed by atoms with Crippen LogP contribution in [0.2, 0.25) is 0 Å². The minimum absolute atomic E-state index is 0.599. The van der Waals surface area contributed by atoms with Crippen molar-refractivity contribution in [2.75, 3.05) is 11.9 Å². The Bertz CT molecular complexity index is 366. The van der Waals surface area contributed by atoms with Gasteiger partial charge in [0.1, 0.15) is 16.7 Å². The van der Waals surface area contributed by atoms with E-state index in [1.807, 2.05) is 18.7 Å². The van der Waals surface area contributed by atoms with Gasteiger partial charge in [0.2, 0.25) is 0 Å². The molecule has 0 spiro atoms. The molecule has 0 bridgehead atoms. The Morgan fingerprint density at radius 3 is 2.53 bits per heavy atom. The zero-order valence-electron chi connectivity index (χ0n) is 11.5. The SMILES string of the molecule is CCCNc1nc(C)nc(SC(C)CC)c1C. The van der Waals surface area contributed by atoms with Gasteiger partial charge in [-0.25, -0.2) is 9.97 Å². The number of hydrogen-bond acceptors (Lipinski definition) is 4. The van der Waals surface area contributed by atoms with Crippen LogP contribution in [0.3, 0.4) is 0 Å². The van der Waals surface area contributed by atoms with Crippen molar-refractivity contribution in [3.63, 3.8) is 0 Å². The van der Waals surface area contributed by atoms with E-state index < -0.39 is 0 Å². The fourth-order valence-corrected chi connectivity index (χ4v) is 2.41. The van der Waals surface area contributed by atoms with E-state index in [2.05, 4.69) is 43.0 Å². The predicted octanol–water partition coefficient (Wildman–Crippen LogP) is 3.81. The third kappa shape index (κ3) is 4.19. The van der Waals surface area contributed by atoms with Gasteiger partial charge in [0.05, 0.1) is 0 Å². The molecule has 96 valence electrons. The van der Waals surface area contributed by atoms with E-state index in [0.717, 1.165) is 36.1 Å². The summed E-state index contributed by atoms with van der Waals surface area (Å²) in [5.41, 5.74) is 1.18. The van der Waals surface area contributed by atoms with Crippen molar-refractivity contribution in [1.82, 2.24) is 9.97 Å². The molecule has 0 aliphatic heterocycles. The molecule has 1 heterocycles. The maximum Gasteiger partial charge on any atom is 0.133 e. The van der Waals surface area contributed by atoms with Gasteiger partial charge in [-0.1, -0.05) is 20.8 Å². The lowest BCUT2D eigenvalue weighted by atomic mass is 10.3. The molecule has 1 aromatic rings. The number of aromatic nitrogens is 2. The average Bonchev–Trinajstić information content (AvgIpc) is 2.31. The Morgan fingerprint density at radius 1 is 1.24 bits per heavy atom. The number of nitrogens with zero attached hydrogens (tertiary/aromatic N) is 2. The van der Waals surface area contributed by atoms with E-state index in [1.54, 1.807) is 0 Å². The average molecular weight is 253 g/mol. The van der Waals surface area contributed by atoms with E-state index in [1.165, 1.54) is 5.56 Å². The van der Waals surface area contributed by atoms with Crippen LogP contribution in [0, 0.1) is 13.8 Å². The van der Waals surface area contributed by atoms with Gasteiger partial charge in [-0.2, -0.15) is 0 Å². The molecule has 17 heavy (non-hydrogen) atoms. The molecule has 0 saturated carbocycles. The summed E-state index contributed by atoms with van der Waals surface area (Å²) in [4.78, 5) is 9.01. The first kappa shape index (κ1) is 14.3. The normalized spacial score (nSPS) is 12.5. The van der Waals surface area contributed by atoms with Crippen LogP contribution in [0.15, 0.2) is 5.03 Å². The molecule has 0 radical (unpaired) electrons. The van der Waals surface area contributed by atoms with Gasteiger partial charge in [0.15, 0.2) is 0 Å². The molecule has 1 N–H and O–H groups in total. The Morgan fingerprint density at radius 2 is 1.94 bits per heavy atom. The van der Waals surface area contributed by atoms with Crippen molar-refractivity contribution < 1.29 is 0 Å². The minimum Gasteiger partial charge on any atom is -0.370 e. The number of aryl methyl sites for hydroxylation is 1. The topological polar surface area (TPSA) is 37.8 Å². The summed E-state index contributed by atoms with van der Waals surface area (Å²) >= 11 is 1.84. The van der Waals surface area contributed by atoms with Crippen LogP contribution < -0.4 is 5.32 Å². The first-order valence-electron chi connectivity index (χ1n) is 6.34. The number of anilines is 1. The van der Waals surface area contributed by atoms with Crippen molar-refractivity contribution in [3.05, 3.63) is 11.4 Å². The van der Waals surface area contributed by atoms with Gasteiger partial charge >= 0.3 is 0 Å². The molecular weight excluding hydrogens is 230 g/mol. The maximum absolute atomic E-state index is 4.54. The lowest BCUT2D eigenvalue weighted by Gasteiger charge is -2.14. The molecule has 0 aliphatic carbocycles. The number of thioether (sulfide) groups is 1. The van der Waals surface area contributed by atoms with Crippen molar-refractivity contribution >= 4 is 17.6 Å². The highest BCUT2D eigenvalue weighted by Crippen LogP contribution is 2.29. The fourth-order valence-electron chi connectivity index (χ4n) is 1.41. The summed E-state index contributed by atoms with van der Waals surface area (Å²) in [7, 11) is 0. The molecule has 1 atom stereocenters. The van der Waals surface area contributed by atoms with Crippen molar-refractivity contribution in [3.8, 4) is 0 Å². The second-order valence-electron chi connectivity index (χ2n) is 4.31. The van der Waals surface area contributed by atoms with Crippen LogP contribution in [-0.4, -0.2) is 21.8 Å². The van der Waals surface area contributed by atoms with Gasteiger partial charge in [-0.3, -0.25) is 0 Å². The summed E-state index contributed by atoms with van der Waals surface area (Å²) in [6, 6.07) is 0. The van der Waals surface area contributed by atoms with Crippen LogP contribution in [0.4, 0.5) is 5.82 Å². The molecule has 1 unspecified atom stereocenters. The van der Waals surface area contributed by atoms with E-state index in [9.17, 15) is 0 Å². The molecule has 1 aromatic heterocycles. The lowest BCUT2D eigenvalue weighted by molar-refractivity contribution is 0.880. The fraction of sp³-hybridized carbons (Fsp3) is 0.692. The molecule has 0 aromatic carbocycles. The Hall–Kier alpha value is -0.770. The zero-order chi connectivity index (χ0) is 12.8.